The molecular weight excluding hydrogens is 256 g/mol. The fourth-order valence-corrected chi connectivity index (χ4v) is 1.39. The lowest BCUT2D eigenvalue weighted by Gasteiger charge is -2.28. The Labute approximate surface area is 110 Å². The smallest absolute Gasteiger partial charge is 0.320 e. The SMILES string of the molecule is CCN(CCC(=O)O)C(=O)N(CC(N)=O)CC(N)=O. The van der Waals surface area contributed by atoms with Crippen LogP contribution in [0, 0.1) is 0 Å². The van der Waals surface area contributed by atoms with Gasteiger partial charge in [0.2, 0.25) is 11.8 Å². The van der Waals surface area contributed by atoms with Gasteiger partial charge in [-0.25, -0.2) is 4.79 Å². The van der Waals surface area contributed by atoms with E-state index in [1.807, 2.05) is 0 Å². The number of nitrogens with two attached hydrogens (primary N) is 2. The molecule has 0 aliphatic rings. The topological polar surface area (TPSA) is 147 Å². The van der Waals surface area contributed by atoms with Gasteiger partial charge in [-0.3, -0.25) is 14.4 Å². The first kappa shape index (κ1) is 16.7. The number of hydrogen-bond acceptors (Lipinski definition) is 4. The van der Waals surface area contributed by atoms with E-state index in [1.54, 1.807) is 6.92 Å². The van der Waals surface area contributed by atoms with E-state index in [0.717, 1.165) is 4.90 Å². The molecule has 0 saturated carbocycles. The third-order valence-corrected chi connectivity index (χ3v) is 2.21. The Morgan fingerprint density at radius 1 is 1.00 bits per heavy atom. The number of rotatable bonds is 8. The maximum absolute atomic E-state index is 12.0. The minimum absolute atomic E-state index is 0.0291. The molecule has 0 heterocycles. The molecule has 0 unspecified atom stereocenters. The van der Waals surface area contributed by atoms with Gasteiger partial charge in [0.1, 0.15) is 13.1 Å². The molecule has 0 aliphatic carbocycles. The van der Waals surface area contributed by atoms with E-state index in [0.29, 0.717) is 0 Å². The Bertz CT molecular complexity index is 355. The molecule has 9 heteroatoms. The standard InChI is InChI=1S/C10H18N4O5/c1-2-13(4-3-9(17)18)10(19)14(5-7(11)15)6-8(12)16/h2-6H2,1H3,(H2,11,15)(H2,12,16)(H,17,18). The van der Waals surface area contributed by atoms with Gasteiger partial charge in [-0.1, -0.05) is 0 Å². The van der Waals surface area contributed by atoms with Crippen LogP contribution in [0.4, 0.5) is 4.79 Å². The second-order valence-electron chi connectivity index (χ2n) is 3.79. The fourth-order valence-electron chi connectivity index (χ4n) is 1.39. The van der Waals surface area contributed by atoms with Crippen molar-refractivity contribution in [3.8, 4) is 0 Å². The quantitative estimate of drug-likeness (QED) is 0.476. The Morgan fingerprint density at radius 3 is 1.79 bits per heavy atom. The van der Waals surface area contributed by atoms with Crippen LogP contribution in [-0.2, 0) is 14.4 Å². The summed E-state index contributed by atoms with van der Waals surface area (Å²) >= 11 is 0. The van der Waals surface area contributed by atoms with E-state index in [-0.39, 0.29) is 19.5 Å². The number of carboxylic acid groups (broad SMARTS) is 1. The number of primary amides is 2. The fraction of sp³-hybridized carbons (Fsp3) is 0.600. The largest absolute Gasteiger partial charge is 0.481 e. The summed E-state index contributed by atoms with van der Waals surface area (Å²) in [6.07, 6.45) is -0.236. The summed E-state index contributed by atoms with van der Waals surface area (Å²) in [5, 5.41) is 8.57. The number of carbonyl (C=O) groups excluding carboxylic acids is 3. The summed E-state index contributed by atoms with van der Waals surface area (Å²) < 4.78 is 0. The normalized spacial score (nSPS) is 9.74. The number of hydrogen-bond donors (Lipinski definition) is 3. The highest BCUT2D eigenvalue weighted by atomic mass is 16.4. The molecule has 0 bridgehead atoms. The van der Waals surface area contributed by atoms with Gasteiger partial charge in [0.25, 0.3) is 0 Å². The molecule has 0 saturated heterocycles. The van der Waals surface area contributed by atoms with Crippen LogP contribution < -0.4 is 11.5 Å². The zero-order chi connectivity index (χ0) is 15.0. The van der Waals surface area contributed by atoms with Gasteiger partial charge in [-0.15, -0.1) is 0 Å². The van der Waals surface area contributed by atoms with Crippen LogP contribution in [0.5, 0.6) is 0 Å². The highest BCUT2D eigenvalue weighted by Crippen LogP contribution is 2.01. The minimum Gasteiger partial charge on any atom is -0.481 e. The van der Waals surface area contributed by atoms with Gasteiger partial charge in [0, 0.05) is 13.1 Å². The monoisotopic (exact) mass is 274 g/mol. The van der Waals surface area contributed by atoms with Crippen molar-refractivity contribution in [1.82, 2.24) is 9.80 Å². The Hall–Kier alpha value is -2.32. The molecule has 0 aromatic rings. The van der Waals surface area contributed by atoms with E-state index in [4.69, 9.17) is 16.6 Å². The molecule has 0 aromatic heterocycles. The number of aliphatic carboxylic acids is 1. The van der Waals surface area contributed by atoms with Crippen molar-refractivity contribution in [2.75, 3.05) is 26.2 Å². The maximum atomic E-state index is 12.0. The Balaban J connectivity index is 4.76. The molecule has 4 amide bonds. The summed E-state index contributed by atoms with van der Waals surface area (Å²) in [6.45, 7) is 0.946. The van der Waals surface area contributed by atoms with Crippen LogP contribution in [-0.4, -0.2) is 64.9 Å². The van der Waals surface area contributed by atoms with E-state index in [1.165, 1.54) is 4.90 Å². The predicted octanol–water partition coefficient (Wildman–Crippen LogP) is -1.82. The number of amides is 4. The van der Waals surface area contributed by atoms with Crippen molar-refractivity contribution in [1.29, 1.82) is 0 Å². The zero-order valence-corrected chi connectivity index (χ0v) is 10.7. The van der Waals surface area contributed by atoms with Crippen LogP contribution in [0.15, 0.2) is 0 Å². The van der Waals surface area contributed by atoms with Crippen molar-refractivity contribution >= 4 is 23.8 Å². The van der Waals surface area contributed by atoms with E-state index in [9.17, 15) is 19.2 Å². The van der Waals surface area contributed by atoms with Crippen LogP contribution in [0.25, 0.3) is 0 Å². The number of carbonyl (C=O) groups is 4. The van der Waals surface area contributed by atoms with Gasteiger partial charge in [0.15, 0.2) is 0 Å². The second kappa shape index (κ2) is 7.90. The average molecular weight is 274 g/mol. The van der Waals surface area contributed by atoms with Crippen molar-refractivity contribution in [3.05, 3.63) is 0 Å². The first-order valence-corrected chi connectivity index (χ1v) is 5.60. The molecule has 0 aromatic carbocycles. The summed E-state index contributed by atoms with van der Waals surface area (Å²) in [6, 6.07) is -0.652. The molecule has 9 nitrogen and oxygen atoms in total. The second-order valence-corrected chi connectivity index (χ2v) is 3.79. The van der Waals surface area contributed by atoms with Gasteiger partial charge >= 0.3 is 12.0 Å². The predicted molar refractivity (Wildman–Crippen MR) is 64.9 cm³/mol. The van der Waals surface area contributed by atoms with Gasteiger partial charge in [-0.2, -0.15) is 0 Å². The summed E-state index contributed by atoms with van der Waals surface area (Å²) in [5.74, 6) is -2.63. The molecule has 108 valence electrons. The van der Waals surface area contributed by atoms with Gasteiger partial charge < -0.3 is 26.4 Å². The van der Waals surface area contributed by atoms with E-state index in [2.05, 4.69) is 0 Å². The average Bonchev–Trinajstić information content (AvgIpc) is 2.27. The van der Waals surface area contributed by atoms with Crippen LogP contribution in [0.1, 0.15) is 13.3 Å². The van der Waals surface area contributed by atoms with Crippen molar-refractivity contribution in [2.24, 2.45) is 11.5 Å². The molecule has 0 aliphatic heterocycles. The lowest BCUT2D eigenvalue weighted by atomic mass is 10.3. The Morgan fingerprint density at radius 2 is 1.47 bits per heavy atom. The van der Waals surface area contributed by atoms with E-state index < -0.39 is 36.9 Å². The molecule has 0 radical (unpaired) electrons. The molecule has 0 atom stereocenters. The molecule has 0 spiro atoms. The summed E-state index contributed by atoms with van der Waals surface area (Å²) in [4.78, 5) is 46.2. The third kappa shape index (κ3) is 6.86. The summed E-state index contributed by atoms with van der Waals surface area (Å²) in [7, 11) is 0. The number of carboxylic acids is 1. The van der Waals surface area contributed by atoms with Crippen molar-refractivity contribution in [3.63, 3.8) is 0 Å². The van der Waals surface area contributed by atoms with Crippen molar-refractivity contribution in [2.45, 2.75) is 13.3 Å². The first-order valence-electron chi connectivity index (χ1n) is 5.60. The highest BCUT2D eigenvalue weighted by Gasteiger charge is 2.23. The van der Waals surface area contributed by atoms with Crippen LogP contribution in [0.2, 0.25) is 0 Å². The first-order chi connectivity index (χ1) is 8.77. The lowest BCUT2D eigenvalue weighted by Crippen LogP contribution is -2.49. The molecular formula is C10H18N4O5. The molecule has 5 N–H and O–H groups in total. The molecule has 19 heavy (non-hydrogen) atoms. The van der Waals surface area contributed by atoms with E-state index >= 15 is 0 Å². The minimum atomic E-state index is -1.05. The van der Waals surface area contributed by atoms with Crippen LogP contribution >= 0.6 is 0 Å². The molecule has 0 fully saturated rings. The maximum Gasteiger partial charge on any atom is 0.320 e. The van der Waals surface area contributed by atoms with Gasteiger partial charge in [0.05, 0.1) is 6.42 Å². The van der Waals surface area contributed by atoms with Crippen LogP contribution in [0.3, 0.4) is 0 Å². The summed E-state index contributed by atoms with van der Waals surface area (Å²) in [5.41, 5.74) is 9.95. The Kier molecular flexibility index (Phi) is 6.94. The van der Waals surface area contributed by atoms with Crippen molar-refractivity contribution < 1.29 is 24.3 Å². The number of nitrogens with zero attached hydrogens (tertiary/aromatic N) is 2. The van der Waals surface area contributed by atoms with Gasteiger partial charge in [-0.05, 0) is 6.92 Å². The zero-order valence-electron chi connectivity index (χ0n) is 10.7. The third-order valence-electron chi connectivity index (χ3n) is 2.21. The molecule has 0 rings (SSSR count). The number of urea groups is 1. The highest BCUT2D eigenvalue weighted by molar-refractivity contribution is 5.87. The lowest BCUT2D eigenvalue weighted by molar-refractivity contribution is -0.137.